The summed E-state index contributed by atoms with van der Waals surface area (Å²) >= 11 is 0. The lowest BCUT2D eigenvalue weighted by Gasteiger charge is -2.37. The minimum Gasteiger partial charge on any atom is -0.497 e. The van der Waals surface area contributed by atoms with Crippen molar-refractivity contribution in [3.8, 4) is 17.2 Å². The second kappa shape index (κ2) is 9.35. The number of benzene rings is 2. The molecule has 1 saturated heterocycles. The highest BCUT2D eigenvalue weighted by atomic mass is 16.5. The first-order valence-corrected chi connectivity index (χ1v) is 10.1. The Morgan fingerprint density at radius 3 is 2.47 bits per heavy atom. The molecule has 0 spiro atoms. The van der Waals surface area contributed by atoms with Gasteiger partial charge < -0.3 is 24.3 Å². The number of nitrogens with zero attached hydrogens (tertiary/aromatic N) is 4. The third kappa shape index (κ3) is 4.56. The van der Waals surface area contributed by atoms with Gasteiger partial charge in [-0.1, -0.05) is 18.2 Å². The van der Waals surface area contributed by atoms with Crippen LogP contribution in [0, 0.1) is 0 Å². The van der Waals surface area contributed by atoms with Gasteiger partial charge >= 0.3 is 0 Å². The number of oxazole rings is 1. The lowest BCUT2D eigenvalue weighted by Crippen LogP contribution is -2.52. The number of aliphatic imine (C=N–C) groups is 1. The van der Waals surface area contributed by atoms with E-state index in [0.29, 0.717) is 12.4 Å². The third-order valence-electron chi connectivity index (χ3n) is 5.23. The van der Waals surface area contributed by atoms with E-state index in [1.165, 1.54) is 5.69 Å². The molecule has 30 heavy (non-hydrogen) atoms. The maximum atomic E-state index is 5.62. The number of hydrogen-bond acceptors (Lipinski definition) is 5. The number of aromatic nitrogens is 1. The molecular weight excluding hydrogens is 378 g/mol. The normalized spacial score (nSPS) is 14.7. The van der Waals surface area contributed by atoms with E-state index in [9.17, 15) is 0 Å². The Labute approximate surface area is 177 Å². The molecule has 0 amide bonds. The first-order valence-electron chi connectivity index (χ1n) is 10.1. The number of piperazine rings is 1. The molecule has 4 rings (SSSR count). The fourth-order valence-electron chi connectivity index (χ4n) is 3.57. The van der Waals surface area contributed by atoms with Gasteiger partial charge in [0.2, 0.25) is 5.89 Å². The average molecular weight is 406 g/mol. The van der Waals surface area contributed by atoms with Gasteiger partial charge in [-0.25, -0.2) is 4.98 Å². The van der Waals surface area contributed by atoms with Crippen molar-refractivity contribution in [2.45, 2.75) is 6.54 Å². The number of methoxy groups -OCH3 is 1. The number of rotatable bonds is 5. The second-order valence-electron chi connectivity index (χ2n) is 7.08. The van der Waals surface area contributed by atoms with Crippen LogP contribution in [0.2, 0.25) is 0 Å². The smallest absolute Gasteiger partial charge is 0.226 e. The molecule has 1 N–H and O–H groups in total. The van der Waals surface area contributed by atoms with Crippen LogP contribution in [0.15, 0.2) is 70.3 Å². The molecule has 1 aromatic heterocycles. The Morgan fingerprint density at radius 1 is 1.07 bits per heavy atom. The summed E-state index contributed by atoms with van der Waals surface area (Å²) in [6.07, 6.45) is 1.70. The Morgan fingerprint density at radius 2 is 1.80 bits per heavy atom. The summed E-state index contributed by atoms with van der Waals surface area (Å²) in [5.41, 5.74) is 3.05. The largest absolute Gasteiger partial charge is 0.497 e. The van der Waals surface area contributed by atoms with Gasteiger partial charge in [0.15, 0.2) is 5.96 Å². The van der Waals surface area contributed by atoms with E-state index in [4.69, 9.17) is 9.15 Å². The van der Waals surface area contributed by atoms with E-state index in [0.717, 1.165) is 49.1 Å². The van der Waals surface area contributed by atoms with Crippen molar-refractivity contribution >= 4 is 11.6 Å². The predicted octanol–water partition coefficient (Wildman–Crippen LogP) is 3.25. The fourth-order valence-corrected chi connectivity index (χ4v) is 3.57. The monoisotopic (exact) mass is 405 g/mol. The van der Waals surface area contributed by atoms with Crippen molar-refractivity contribution in [3.05, 3.63) is 66.6 Å². The maximum absolute atomic E-state index is 5.62. The van der Waals surface area contributed by atoms with Crippen molar-refractivity contribution in [2.75, 3.05) is 45.2 Å². The highest BCUT2D eigenvalue weighted by Crippen LogP contribution is 2.21. The number of ether oxygens (including phenoxy) is 1. The quantitative estimate of drug-likeness (QED) is 0.519. The van der Waals surface area contributed by atoms with Gasteiger partial charge in [0.1, 0.15) is 12.0 Å². The first-order chi connectivity index (χ1) is 14.8. The number of nitrogens with one attached hydrogen (secondary N) is 1. The molecule has 7 heteroatoms. The van der Waals surface area contributed by atoms with Crippen molar-refractivity contribution in [1.29, 1.82) is 0 Å². The molecule has 0 bridgehead atoms. The molecule has 2 aromatic carbocycles. The van der Waals surface area contributed by atoms with Crippen molar-refractivity contribution in [1.82, 2.24) is 15.2 Å². The summed E-state index contributed by atoms with van der Waals surface area (Å²) in [5.74, 6) is 2.40. The Hall–Kier alpha value is -3.48. The van der Waals surface area contributed by atoms with E-state index in [1.807, 2.05) is 49.5 Å². The van der Waals surface area contributed by atoms with Crippen LogP contribution in [0.4, 0.5) is 5.69 Å². The highest BCUT2D eigenvalue weighted by molar-refractivity contribution is 5.80. The summed E-state index contributed by atoms with van der Waals surface area (Å²) in [6.45, 7) is 4.26. The summed E-state index contributed by atoms with van der Waals surface area (Å²) in [7, 11) is 3.50. The molecule has 0 radical (unpaired) electrons. The van der Waals surface area contributed by atoms with Crippen molar-refractivity contribution in [3.63, 3.8) is 0 Å². The number of anilines is 1. The molecular formula is C23H27N5O2. The summed E-state index contributed by atoms with van der Waals surface area (Å²) in [6, 6.07) is 18.1. The maximum Gasteiger partial charge on any atom is 0.226 e. The van der Waals surface area contributed by atoms with Crippen molar-refractivity contribution in [2.24, 2.45) is 4.99 Å². The molecule has 7 nitrogen and oxygen atoms in total. The molecule has 3 aromatic rings. The Bertz CT molecular complexity index is 961. The van der Waals surface area contributed by atoms with E-state index in [2.05, 4.69) is 37.2 Å². The van der Waals surface area contributed by atoms with Gasteiger partial charge in [0, 0.05) is 44.5 Å². The van der Waals surface area contributed by atoms with Crippen LogP contribution in [-0.4, -0.2) is 56.2 Å². The predicted molar refractivity (Wildman–Crippen MR) is 119 cm³/mol. The molecule has 0 saturated carbocycles. The minimum absolute atomic E-state index is 0.571. The zero-order chi connectivity index (χ0) is 20.8. The van der Waals surface area contributed by atoms with E-state index < -0.39 is 0 Å². The van der Waals surface area contributed by atoms with Crippen LogP contribution in [0.1, 0.15) is 5.69 Å². The molecule has 0 aliphatic carbocycles. The zero-order valence-electron chi connectivity index (χ0n) is 17.4. The fraction of sp³-hybridized carbons (Fsp3) is 0.304. The molecule has 2 heterocycles. The SMILES string of the molecule is CN=C(NCc1coc(-c2ccccc2)n1)N1CCN(c2ccc(OC)cc2)CC1. The summed E-state index contributed by atoms with van der Waals surface area (Å²) in [5, 5.41) is 3.41. The van der Waals surface area contributed by atoms with Gasteiger partial charge in [0.25, 0.3) is 0 Å². The lowest BCUT2D eigenvalue weighted by molar-refractivity contribution is 0.372. The highest BCUT2D eigenvalue weighted by Gasteiger charge is 2.20. The van der Waals surface area contributed by atoms with Crippen LogP contribution in [0.5, 0.6) is 5.75 Å². The van der Waals surface area contributed by atoms with Crippen LogP contribution in [-0.2, 0) is 6.54 Å². The van der Waals surface area contributed by atoms with Gasteiger partial charge in [-0.05, 0) is 36.4 Å². The number of guanidine groups is 1. The minimum atomic E-state index is 0.571. The van der Waals surface area contributed by atoms with E-state index in [-0.39, 0.29) is 0 Å². The average Bonchev–Trinajstić information content (AvgIpc) is 3.30. The standard InChI is InChI=1S/C23H27N5O2/c1-24-23(25-16-19-17-30-22(26-19)18-6-4-3-5-7-18)28-14-12-27(13-15-28)20-8-10-21(29-2)11-9-20/h3-11,17H,12-16H2,1-2H3,(H,24,25). The number of hydrogen-bond donors (Lipinski definition) is 1. The van der Waals surface area contributed by atoms with Crippen molar-refractivity contribution < 1.29 is 9.15 Å². The van der Waals surface area contributed by atoms with Gasteiger partial charge in [-0.15, -0.1) is 0 Å². The zero-order valence-corrected chi connectivity index (χ0v) is 17.4. The molecule has 0 atom stereocenters. The Balaban J connectivity index is 1.30. The lowest BCUT2D eigenvalue weighted by atomic mass is 10.2. The van der Waals surface area contributed by atoms with E-state index in [1.54, 1.807) is 13.4 Å². The Kier molecular flexibility index (Phi) is 6.17. The molecule has 1 aliphatic rings. The molecule has 1 aliphatic heterocycles. The summed E-state index contributed by atoms with van der Waals surface area (Å²) < 4.78 is 10.9. The van der Waals surface area contributed by atoms with Gasteiger partial charge in [-0.3, -0.25) is 4.99 Å². The molecule has 1 fully saturated rings. The van der Waals surface area contributed by atoms with Gasteiger partial charge in [0.05, 0.1) is 19.3 Å². The molecule has 156 valence electrons. The second-order valence-corrected chi connectivity index (χ2v) is 7.08. The van der Waals surface area contributed by atoms with Crippen LogP contribution in [0.3, 0.4) is 0 Å². The first kappa shape index (κ1) is 19.8. The van der Waals surface area contributed by atoms with Crippen LogP contribution < -0.4 is 15.0 Å². The third-order valence-corrected chi connectivity index (χ3v) is 5.23. The molecule has 0 unspecified atom stereocenters. The van der Waals surface area contributed by atoms with E-state index >= 15 is 0 Å². The van der Waals surface area contributed by atoms with Crippen LogP contribution >= 0.6 is 0 Å². The summed E-state index contributed by atoms with van der Waals surface area (Å²) in [4.78, 5) is 13.7. The van der Waals surface area contributed by atoms with Crippen LogP contribution in [0.25, 0.3) is 11.5 Å². The van der Waals surface area contributed by atoms with Gasteiger partial charge in [-0.2, -0.15) is 0 Å². The topological polar surface area (TPSA) is 66.1 Å².